The van der Waals surface area contributed by atoms with Crippen molar-refractivity contribution in [3.63, 3.8) is 0 Å². The van der Waals surface area contributed by atoms with Crippen molar-refractivity contribution in [2.75, 3.05) is 0 Å². The second-order valence-corrected chi connectivity index (χ2v) is 9.01. The molecule has 1 aromatic heterocycles. The highest BCUT2D eigenvalue weighted by atomic mass is 16.3. The van der Waals surface area contributed by atoms with Gasteiger partial charge in [0.15, 0.2) is 0 Å². The third-order valence-corrected chi connectivity index (χ3v) is 6.76. The van der Waals surface area contributed by atoms with Crippen LogP contribution in [0.5, 0.6) is 0 Å². The normalized spacial score (nSPS) is 20.1. The van der Waals surface area contributed by atoms with E-state index in [-0.39, 0.29) is 0 Å². The Morgan fingerprint density at radius 3 is 2.05 bits per heavy atom. The summed E-state index contributed by atoms with van der Waals surface area (Å²) in [4.78, 5) is 0. The number of rotatable bonds is 2. The van der Waals surface area contributed by atoms with E-state index in [4.69, 9.17) is 29.1 Å². The first-order valence-corrected chi connectivity index (χ1v) is 12.2. The molecule has 1 heteroatoms. The van der Waals surface area contributed by atoms with E-state index in [1.165, 1.54) is 0 Å². The molecule has 0 atom stereocenters. The molecule has 0 unspecified atom stereocenters. The van der Waals surface area contributed by atoms with E-state index in [1.807, 2.05) is 0 Å². The maximum absolute atomic E-state index is 9.59. The van der Waals surface area contributed by atoms with Crippen LogP contribution < -0.4 is 0 Å². The van der Waals surface area contributed by atoms with Crippen molar-refractivity contribution in [3.05, 3.63) is 145 Å². The summed E-state index contributed by atoms with van der Waals surface area (Å²) in [6.07, 6.45) is 0. The third kappa shape index (κ3) is 3.36. The minimum absolute atomic E-state index is 0.479. The Balaban J connectivity index is 1.60. The van der Waals surface area contributed by atoms with E-state index in [1.54, 1.807) is 0 Å². The molecule has 0 saturated carbocycles. The van der Waals surface area contributed by atoms with Crippen molar-refractivity contribution in [1.82, 2.24) is 0 Å². The van der Waals surface area contributed by atoms with Crippen LogP contribution in [0.25, 0.3) is 87.3 Å². The summed E-state index contributed by atoms with van der Waals surface area (Å²) >= 11 is 0. The molecule has 0 aliphatic carbocycles. The number of hydrogen-bond acceptors (Lipinski definition) is 1. The maximum Gasteiger partial charge on any atom is 0.136 e. The second-order valence-electron chi connectivity index (χ2n) is 9.01. The molecule has 9 rings (SSSR count). The highest BCUT2D eigenvalue weighted by Gasteiger charge is 2.18. The van der Waals surface area contributed by atoms with Crippen LogP contribution in [0.2, 0.25) is 0 Å². The lowest BCUT2D eigenvalue weighted by Gasteiger charge is -2.15. The monoisotopic (exact) mass is 544 g/mol. The standard InChI is InChI=1S/C40H24O/c1-2-9-25(10-3-1)27-17-18-28-22-36-38(24-30(28)21-27)41-37-16-8-15-34(40(36)37)39-32-14-7-5-12-29(32)23-35-31-13-6-4-11-26(31)19-20-33(35)39/h1-24H/i1D,2D,3D,4D,5D,6D,7D,8D,9D,10D,11D,12D,13D,14D,15D,16D,17D,18D,19D,20D,21D,22D,23D,24D. The number of benzene rings is 8. The van der Waals surface area contributed by atoms with Crippen LogP contribution in [0, 0.1) is 0 Å². The van der Waals surface area contributed by atoms with Gasteiger partial charge in [0.1, 0.15) is 11.2 Å². The molecule has 0 spiro atoms. The molecule has 1 nitrogen and oxygen atoms in total. The van der Waals surface area contributed by atoms with Crippen LogP contribution in [0.4, 0.5) is 0 Å². The van der Waals surface area contributed by atoms with Gasteiger partial charge in [-0.1, -0.05) is 115 Å². The topological polar surface area (TPSA) is 13.1 Å². The molecule has 0 radical (unpaired) electrons. The maximum atomic E-state index is 9.59. The molecule has 190 valence electrons. The molecular weight excluding hydrogens is 496 g/mol. The number of fused-ring (bicyclic) bond motifs is 8. The summed E-state index contributed by atoms with van der Waals surface area (Å²) in [7, 11) is 0. The molecule has 0 aliphatic heterocycles. The smallest absolute Gasteiger partial charge is 0.136 e. The molecule has 0 amide bonds. The van der Waals surface area contributed by atoms with Gasteiger partial charge in [0.05, 0.1) is 32.9 Å². The van der Waals surface area contributed by atoms with E-state index in [0.717, 1.165) is 0 Å². The van der Waals surface area contributed by atoms with E-state index in [9.17, 15) is 8.22 Å². The van der Waals surface area contributed by atoms with Gasteiger partial charge in [0.2, 0.25) is 0 Å². The predicted octanol–water partition coefficient (Wildman–Crippen LogP) is 11.5. The summed E-state index contributed by atoms with van der Waals surface area (Å²) in [6, 6.07) is -19.7. The minimum atomic E-state index is -0.897. The molecule has 0 N–H and O–H groups in total. The Hall–Kier alpha value is -5.40. The first kappa shape index (κ1) is 9.33. The van der Waals surface area contributed by atoms with Crippen LogP contribution in [0.15, 0.2) is 149 Å². The van der Waals surface area contributed by atoms with E-state index < -0.39 is 232 Å². The van der Waals surface area contributed by atoms with Gasteiger partial charge in [-0.3, -0.25) is 0 Å². The second kappa shape index (κ2) is 8.55. The van der Waals surface area contributed by atoms with E-state index in [0.29, 0.717) is 0 Å². The Bertz CT molecular complexity index is 3790. The third-order valence-electron chi connectivity index (χ3n) is 6.76. The fourth-order valence-electron chi connectivity index (χ4n) is 5.01. The van der Waals surface area contributed by atoms with Crippen molar-refractivity contribution in [2.45, 2.75) is 0 Å². The average molecular weight is 545 g/mol. The summed E-state index contributed by atoms with van der Waals surface area (Å²) in [6.45, 7) is 0. The number of furan rings is 1. The van der Waals surface area contributed by atoms with Crippen LogP contribution in [0.3, 0.4) is 0 Å². The van der Waals surface area contributed by atoms with Crippen LogP contribution in [-0.4, -0.2) is 0 Å². The molecule has 0 fully saturated rings. The van der Waals surface area contributed by atoms with E-state index >= 15 is 0 Å². The van der Waals surface area contributed by atoms with Gasteiger partial charge < -0.3 is 4.42 Å². The zero-order valence-electron chi connectivity index (χ0n) is 44.4. The summed E-state index contributed by atoms with van der Waals surface area (Å²) < 4.78 is 219. The van der Waals surface area contributed by atoms with Crippen molar-refractivity contribution >= 4 is 65.0 Å². The highest BCUT2D eigenvalue weighted by Crippen LogP contribution is 2.45. The largest absolute Gasteiger partial charge is 0.456 e. The van der Waals surface area contributed by atoms with Crippen molar-refractivity contribution < 1.29 is 37.3 Å². The Morgan fingerprint density at radius 1 is 0.390 bits per heavy atom. The minimum Gasteiger partial charge on any atom is -0.456 e. The zero-order valence-corrected chi connectivity index (χ0v) is 20.4. The van der Waals surface area contributed by atoms with Crippen molar-refractivity contribution in [3.8, 4) is 22.3 Å². The predicted molar refractivity (Wildman–Crippen MR) is 175 cm³/mol. The fraction of sp³-hybridized carbons (Fsp3) is 0. The van der Waals surface area contributed by atoms with Gasteiger partial charge >= 0.3 is 0 Å². The lowest BCUT2D eigenvalue weighted by Crippen LogP contribution is -1.88. The fourth-order valence-corrected chi connectivity index (χ4v) is 5.01. The Kier molecular flexibility index (Phi) is 1.94. The first-order chi connectivity index (χ1) is 30.3. The molecule has 1 heterocycles. The molecule has 41 heavy (non-hydrogen) atoms. The lowest BCUT2D eigenvalue weighted by molar-refractivity contribution is 0.669. The first-order valence-electron chi connectivity index (χ1n) is 24.2. The van der Waals surface area contributed by atoms with Crippen molar-refractivity contribution in [2.24, 2.45) is 0 Å². The SMILES string of the molecule is [2H]c1c([2H])c([2H])c(-c2c([2H])c([2H])c3c([2H])c4c(oc5c([2H])c([2H])c([2H])c(-c6c7c([2H])c([2H])c([2H])c([2H])c7c([2H])c7c6c([2H])c([2H])c6c([2H])c([2H])c([2H])c([2H])c67)c54)c([2H])c3c2[2H])c([2H])c1[2H]. The Labute approximate surface area is 270 Å². The van der Waals surface area contributed by atoms with Gasteiger partial charge in [-0.2, -0.15) is 0 Å². The average Bonchev–Trinajstić information content (AvgIpc) is 3.68. The van der Waals surface area contributed by atoms with Gasteiger partial charge in [0.25, 0.3) is 0 Å². The van der Waals surface area contributed by atoms with Crippen LogP contribution >= 0.6 is 0 Å². The molecule has 9 aromatic rings. The molecule has 0 saturated heterocycles. The zero-order chi connectivity index (χ0) is 47.8. The van der Waals surface area contributed by atoms with Gasteiger partial charge in [-0.25, -0.2) is 0 Å². The van der Waals surface area contributed by atoms with Crippen LogP contribution in [0.1, 0.15) is 32.9 Å². The van der Waals surface area contributed by atoms with Crippen molar-refractivity contribution in [1.29, 1.82) is 0 Å². The van der Waals surface area contributed by atoms with E-state index in [2.05, 4.69) is 0 Å². The van der Waals surface area contributed by atoms with Gasteiger partial charge in [-0.15, -0.1) is 0 Å². The summed E-state index contributed by atoms with van der Waals surface area (Å²) in [5.74, 6) is 0. The Morgan fingerprint density at radius 2 is 1.15 bits per heavy atom. The van der Waals surface area contributed by atoms with Crippen LogP contribution in [-0.2, 0) is 0 Å². The van der Waals surface area contributed by atoms with Gasteiger partial charge in [0, 0.05) is 10.8 Å². The van der Waals surface area contributed by atoms with Gasteiger partial charge in [-0.05, 0) is 95.6 Å². The quantitative estimate of drug-likeness (QED) is 0.156. The lowest BCUT2D eigenvalue weighted by atomic mass is 9.88. The molecular formula is C40H24O. The molecule has 0 bridgehead atoms. The molecule has 0 aliphatic rings. The molecule has 8 aromatic carbocycles. The summed E-state index contributed by atoms with van der Waals surface area (Å²) in [5.41, 5.74) is -3.68. The highest BCUT2D eigenvalue weighted by molar-refractivity contribution is 6.25. The summed E-state index contributed by atoms with van der Waals surface area (Å²) in [5, 5.41) is -5.31. The number of hydrogen-bond donors (Lipinski definition) is 0.